The summed E-state index contributed by atoms with van der Waals surface area (Å²) >= 11 is 1.54. The molecule has 15 rings (SSSR count). The van der Waals surface area contributed by atoms with Gasteiger partial charge in [-0.05, 0) is 133 Å². The van der Waals surface area contributed by atoms with Crippen molar-refractivity contribution in [2.45, 2.75) is 159 Å². The third kappa shape index (κ3) is 9.37. The number of esters is 1. The Hall–Kier alpha value is -4.53. The van der Waals surface area contributed by atoms with Crippen LogP contribution < -0.4 is 15.6 Å². The van der Waals surface area contributed by atoms with E-state index in [1.54, 1.807) is 23.5 Å². The molecule has 3 aromatic heterocycles. The van der Waals surface area contributed by atoms with Crippen molar-refractivity contribution in [3.8, 4) is 22.5 Å². The van der Waals surface area contributed by atoms with Crippen LogP contribution in [-0.4, -0.2) is 162 Å². The average Bonchev–Trinajstić information content (AvgIpc) is 3.78. The number of hydrazine groups is 1. The van der Waals surface area contributed by atoms with Crippen LogP contribution >= 0.6 is 11.3 Å². The first kappa shape index (κ1) is 50.9. The number of carbonyl (C=O) groups excluding carboxylic acids is 3. The van der Waals surface area contributed by atoms with Crippen LogP contribution in [0.2, 0.25) is 0 Å². The van der Waals surface area contributed by atoms with Crippen molar-refractivity contribution in [3.05, 3.63) is 52.1 Å². The lowest BCUT2D eigenvalue weighted by atomic mass is 9.72. The summed E-state index contributed by atoms with van der Waals surface area (Å²) in [7, 11) is 1.75. The normalized spacial score (nSPS) is 31.5. The number of nitrogens with zero attached hydrogens (tertiary/aromatic N) is 7. The highest BCUT2D eigenvalue weighted by molar-refractivity contribution is 7.10. The maximum atomic E-state index is 15.5. The number of pyridine rings is 1. The third-order valence-electron chi connectivity index (χ3n) is 18.8. The zero-order valence-corrected chi connectivity index (χ0v) is 45.9. The van der Waals surface area contributed by atoms with Crippen LogP contribution in [0, 0.1) is 17.3 Å². The Bertz CT molecular complexity index is 2840. The van der Waals surface area contributed by atoms with E-state index in [4.69, 9.17) is 33.7 Å². The summed E-state index contributed by atoms with van der Waals surface area (Å²) in [4.78, 5) is 62.9. The summed E-state index contributed by atoms with van der Waals surface area (Å²) in [5, 5.41) is 8.95. The van der Waals surface area contributed by atoms with E-state index in [1.165, 1.54) is 12.8 Å². The second-order valence-corrected chi connectivity index (χ2v) is 25.4. The average molecular weight is 1060 g/mol. The summed E-state index contributed by atoms with van der Waals surface area (Å²) < 4.78 is 33.8. The number of ether oxygens (including phenoxy) is 5. The fourth-order valence-electron chi connectivity index (χ4n) is 14.0. The number of methoxy groups -OCH3 is 1. The molecular formula is C58H77N9O8S. The van der Waals surface area contributed by atoms with Gasteiger partial charge in [0, 0.05) is 98.0 Å². The highest BCUT2D eigenvalue weighted by Crippen LogP contribution is 2.53. The van der Waals surface area contributed by atoms with Crippen molar-refractivity contribution in [1.82, 2.24) is 40.1 Å². The number of hydrogen-bond donors (Lipinski definition) is 2. The number of amides is 2. The largest absolute Gasteiger partial charge is 0.464 e. The van der Waals surface area contributed by atoms with Crippen molar-refractivity contribution in [2.75, 3.05) is 77.7 Å². The number of fused-ring (bicyclic) bond motifs is 5. The summed E-state index contributed by atoms with van der Waals surface area (Å²) in [5.74, 6) is -0.504. The molecule has 2 N–H and O–H groups in total. The number of benzene rings is 1. The third-order valence-corrected chi connectivity index (χ3v) is 19.7. The molecule has 11 aliphatic rings. The Kier molecular flexibility index (Phi) is 13.6. The summed E-state index contributed by atoms with van der Waals surface area (Å²) in [6.45, 7) is 16.6. The molecule has 8 aliphatic heterocycles. The number of carbonyl (C=O) groups is 3. The standard InChI is InChI=1S/C58H77N9O8S/c1-34-38-28-58(29-38,75-34)56(70)61-50-52(65-14-6-7-15-65)53-60-46(32-76-53)36-8-11-47-43(26-36)45(30-57(3,4)33-74-55(69)49-37-24-40(25-37)67(62-49)54(50)68)51(66(47)20-23-73-42-12-21-72-22-13-42)44-27-41(31-59-48(44)35(2)71-5)64-18-16-63(17-19-64)39-9-10-39/h8,11,26-27,31-32,34-35,37-40,42,49-50,52,62H,6-7,9-10,12-25,28-30,33H2,1-5H3,(H,61,70)/t34-,35+,37?,38?,40?,49+,50+,52+,58?/m1/s1. The van der Waals surface area contributed by atoms with Gasteiger partial charge in [0.05, 0.1) is 66.5 Å². The second kappa shape index (κ2) is 20.3. The SMILES string of the molecule is CO[C@@H](C)c1ncc(N2CCN(C3CC3)CC2)cc1-c1c2c3cc(ccc3n1CCOC1CCOCC1)-c1csc(n1)[C@@H](N1CCCC1)[C@H](NC(=O)C13CC(C1)[C@@H](C)O3)C(=O)N1N[C@H](C(=O)OCC(C)(C)C2)C2CC1C2. The number of likely N-dealkylation sites (tertiary alicyclic amines) is 1. The molecule has 2 amide bonds. The zero-order valence-electron chi connectivity index (χ0n) is 45.1. The lowest BCUT2D eigenvalue weighted by molar-refractivity contribution is -0.172. The number of cyclic esters (lactones) is 1. The van der Waals surface area contributed by atoms with E-state index in [0.717, 1.165) is 126 Å². The Morgan fingerprint density at radius 3 is 2.47 bits per heavy atom. The van der Waals surface area contributed by atoms with Crippen LogP contribution in [0.15, 0.2) is 35.8 Å². The molecule has 17 nitrogen and oxygen atoms in total. The monoisotopic (exact) mass is 1060 g/mol. The lowest BCUT2D eigenvalue weighted by Crippen LogP contribution is -2.72. The Labute approximate surface area is 450 Å². The molecule has 1 aromatic carbocycles. The number of anilines is 1. The summed E-state index contributed by atoms with van der Waals surface area (Å²) in [6.07, 6.45) is 11.4. The Balaban J connectivity index is 0.954. The molecule has 0 radical (unpaired) electrons. The predicted octanol–water partition coefficient (Wildman–Crippen LogP) is 6.82. The van der Waals surface area contributed by atoms with Crippen molar-refractivity contribution < 1.29 is 38.1 Å². The van der Waals surface area contributed by atoms with Crippen molar-refractivity contribution in [2.24, 2.45) is 17.3 Å². The maximum absolute atomic E-state index is 15.5. The van der Waals surface area contributed by atoms with Crippen LogP contribution in [0.5, 0.6) is 0 Å². The van der Waals surface area contributed by atoms with Gasteiger partial charge in [-0.1, -0.05) is 19.9 Å². The Morgan fingerprint density at radius 1 is 0.974 bits per heavy atom. The summed E-state index contributed by atoms with van der Waals surface area (Å²) in [6, 6.07) is 7.42. The zero-order chi connectivity index (χ0) is 52.0. The number of nitrogens with one attached hydrogen (secondary N) is 2. The van der Waals surface area contributed by atoms with Gasteiger partial charge in [0.25, 0.3) is 11.8 Å². The molecular weight excluding hydrogens is 983 g/mol. The molecule has 3 aliphatic carbocycles. The molecule has 408 valence electrons. The molecule has 3 saturated carbocycles. The van der Waals surface area contributed by atoms with Gasteiger partial charge >= 0.3 is 5.97 Å². The van der Waals surface area contributed by atoms with Gasteiger partial charge in [0.2, 0.25) is 0 Å². The first-order chi connectivity index (χ1) is 36.8. The number of thiazole rings is 1. The van der Waals surface area contributed by atoms with Crippen LogP contribution in [-0.2, 0) is 51.0 Å². The van der Waals surface area contributed by atoms with E-state index < -0.39 is 29.1 Å². The predicted molar refractivity (Wildman–Crippen MR) is 289 cm³/mol. The lowest BCUT2D eigenvalue weighted by Gasteiger charge is -2.53. The van der Waals surface area contributed by atoms with Gasteiger partial charge in [-0.2, -0.15) is 0 Å². The van der Waals surface area contributed by atoms with Gasteiger partial charge < -0.3 is 38.5 Å². The van der Waals surface area contributed by atoms with E-state index in [-0.39, 0.29) is 54.7 Å². The van der Waals surface area contributed by atoms with Crippen LogP contribution in [0.1, 0.15) is 120 Å². The van der Waals surface area contributed by atoms with E-state index in [2.05, 4.69) is 80.4 Å². The molecule has 18 heteroatoms. The highest BCUT2D eigenvalue weighted by atomic mass is 32.1. The molecule has 0 spiro atoms. The molecule has 5 atom stereocenters. The van der Waals surface area contributed by atoms with Gasteiger partial charge in [0.15, 0.2) is 0 Å². The van der Waals surface area contributed by atoms with Crippen LogP contribution in [0.25, 0.3) is 33.4 Å². The minimum Gasteiger partial charge on any atom is -0.464 e. The minimum absolute atomic E-state index is 0.0121. The topological polar surface area (TPSA) is 165 Å². The van der Waals surface area contributed by atoms with Crippen molar-refractivity contribution in [1.29, 1.82) is 0 Å². The minimum atomic E-state index is -0.985. The van der Waals surface area contributed by atoms with E-state index >= 15 is 4.79 Å². The molecule has 76 heavy (non-hydrogen) atoms. The summed E-state index contributed by atoms with van der Waals surface area (Å²) in [5.41, 5.74) is 9.93. The van der Waals surface area contributed by atoms with Crippen molar-refractivity contribution >= 4 is 45.7 Å². The molecule has 11 heterocycles. The fourth-order valence-corrected chi connectivity index (χ4v) is 15.0. The number of hydrogen-bond acceptors (Lipinski definition) is 15. The van der Waals surface area contributed by atoms with Crippen LogP contribution in [0.4, 0.5) is 5.69 Å². The smallest absolute Gasteiger partial charge is 0.325 e. The maximum Gasteiger partial charge on any atom is 0.325 e. The Morgan fingerprint density at radius 2 is 1.75 bits per heavy atom. The first-order valence-corrected chi connectivity index (χ1v) is 29.5. The fraction of sp³-hybridized carbons (Fsp3) is 0.672. The van der Waals surface area contributed by atoms with E-state index in [9.17, 15) is 9.59 Å². The molecule has 10 bridgehead atoms. The second-order valence-electron chi connectivity index (χ2n) is 24.5. The molecule has 7 saturated heterocycles. The molecule has 0 unspecified atom stereocenters. The first-order valence-electron chi connectivity index (χ1n) is 28.6. The molecule has 4 aromatic rings. The van der Waals surface area contributed by atoms with Gasteiger partial charge in [-0.15, -0.1) is 11.3 Å². The van der Waals surface area contributed by atoms with Gasteiger partial charge in [-0.3, -0.25) is 34.2 Å². The van der Waals surface area contributed by atoms with E-state index in [1.807, 2.05) is 13.1 Å². The quantitative estimate of drug-likeness (QED) is 0.142. The van der Waals surface area contributed by atoms with Gasteiger partial charge in [0.1, 0.15) is 22.7 Å². The van der Waals surface area contributed by atoms with Crippen LogP contribution in [0.3, 0.4) is 0 Å². The number of piperazine rings is 1. The highest BCUT2D eigenvalue weighted by Gasteiger charge is 2.62. The van der Waals surface area contributed by atoms with E-state index in [0.29, 0.717) is 64.4 Å². The molecule has 10 fully saturated rings. The van der Waals surface area contributed by atoms with Crippen molar-refractivity contribution in [3.63, 3.8) is 0 Å². The number of aromatic nitrogens is 3. The number of rotatable bonds is 12. The van der Waals surface area contributed by atoms with Gasteiger partial charge in [-0.25, -0.2) is 10.4 Å².